The fraction of sp³-hybridized carbons (Fsp3) is 0.467. The number of benzene rings is 1. The molecule has 0 spiro atoms. The Balaban J connectivity index is 2.45. The molecule has 0 unspecified atom stereocenters. The van der Waals surface area contributed by atoms with Gasteiger partial charge in [0, 0.05) is 5.02 Å². The van der Waals surface area contributed by atoms with Crippen LogP contribution in [0.5, 0.6) is 0 Å². The third kappa shape index (κ3) is 5.65. The van der Waals surface area contributed by atoms with Gasteiger partial charge in [-0.05, 0) is 63.0 Å². The summed E-state index contributed by atoms with van der Waals surface area (Å²) in [7, 11) is 0. The van der Waals surface area contributed by atoms with Gasteiger partial charge in [-0.1, -0.05) is 30.2 Å². The first kappa shape index (κ1) is 15.2. The van der Waals surface area contributed by atoms with E-state index >= 15 is 0 Å². The van der Waals surface area contributed by atoms with Gasteiger partial charge in [-0.25, -0.2) is 4.39 Å². The number of nitrogens with one attached hydrogen (secondary N) is 1. The molecule has 18 heavy (non-hydrogen) atoms. The van der Waals surface area contributed by atoms with Gasteiger partial charge in [0.05, 0.1) is 0 Å². The minimum absolute atomic E-state index is 0.230. The van der Waals surface area contributed by atoms with E-state index in [0.717, 1.165) is 31.5 Å². The van der Waals surface area contributed by atoms with Crippen molar-refractivity contribution < 1.29 is 4.39 Å². The van der Waals surface area contributed by atoms with E-state index in [1.54, 1.807) is 6.07 Å². The molecule has 0 heterocycles. The van der Waals surface area contributed by atoms with Crippen LogP contribution in [0.15, 0.2) is 29.8 Å². The van der Waals surface area contributed by atoms with Crippen molar-refractivity contribution in [3.05, 3.63) is 46.3 Å². The van der Waals surface area contributed by atoms with Gasteiger partial charge in [0.25, 0.3) is 0 Å². The highest BCUT2D eigenvalue weighted by atomic mass is 35.5. The molecule has 1 aromatic rings. The molecule has 0 aliphatic rings. The lowest BCUT2D eigenvalue weighted by Crippen LogP contribution is -2.15. The molecule has 0 radical (unpaired) electrons. The van der Waals surface area contributed by atoms with Gasteiger partial charge in [0.2, 0.25) is 0 Å². The van der Waals surface area contributed by atoms with Crippen LogP contribution < -0.4 is 5.32 Å². The number of rotatable bonds is 7. The quantitative estimate of drug-likeness (QED) is 0.573. The van der Waals surface area contributed by atoms with Crippen molar-refractivity contribution in [2.24, 2.45) is 0 Å². The van der Waals surface area contributed by atoms with Crippen molar-refractivity contribution in [3.63, 3.8) is 0 Å². The first-order valence-electron chi connectivity index (χ1n) is 6.43. The highest BCUT2D eigenvalue weighted by Gasteiger charge is 2.02. The van der Waals surface area contributed by atoms with Crippen LogP contribution in [0, 0.1) is 5.82 Å². The number of hydrogen-bond donors (Lipinski definition) is 1. The van der Waals surface area contributed by atoms with Crippen LogP contribution in [0.4, 0.5) is 4.39 Å². The van der Waals surface area contributed by atoms with E-state index in [0.29, 0.717) is 11.4 Å². The third-order valence-corrected chi connectivity index (χ3v) is 3.09. The molecule has 0 saturated heterocycles. The first-order chi connectivity index (χ1) is 8.63. The van der Waals surface area contributed by atoms with E-state index in [-0.39, 0.29) is 5.82 Å². The lowest BCUT2D eigenvalue weighted by atomic mass is 10.1. The molecule has 0 aliphatic heterocycles. The minimum Gasteiger partial charge on any atom is -0.316 e. The Kier molecular flexibility index (Phi) is 6.99. The van der Waals surface area contributed by atoms with Crippen LogP contribution in [0.1, 0.15) is 32.3 Å². The van der Waals surface area contributed by atoms with Crippen molar-refractivity contribution >= 4 is 11.6 Å². The highest BCUT2D eigenvalue weighted by Crippen LogP contribution is 2.20. The highest BCUT2D eigenvalue weighted by molar-refractivity contribution is 6.31. The maximum atomic E-state index is 13.1. The molecule has 0 atom stereocenters. The maximum Gasteiger partial charge on any atom is 0.123 e. The van der Waals surface area contributed by atoms with Crippen LogP contribution >= 0.6 is 11.6 Å². The molecule has 1 nitrogen and oxygen atoms in total. The summed E-state index contributed by atoms with van der Waals surface area (Å²) in [5.41, 5.74) is 2.08. The van der Waals surface area contributed by atoms with E-state index < -0.39 is 0 Å². The molecule has 0 saturated carbocycles. The molecule has 0 aliphatic carbocycles. The van der Waals surface area contributed by atoms with E-state index in [2.05, 4.69) is 25.2 Å². The summed E-state index contributed by atoms with van der Waals surface area (Å²) < 4.78 is 13.1. The lowest BCUT2D eigenvalue weighted by molar-refractivity contribution is 0.626. The van der Waals surface area contributed by atoms with Crippen LogP contribution in [-0.2, 0) is 6.42 Å². The average molecular weight is 270 g/mol. The molecule has 0 fully saturated rings. The normalized spacial score (nSPS) is 11.9. The molecule has 3 heteroatoms. The van der Waals surface area contributed by atoms with Gasteiger partial charge >= 0.3 is 0 Å². The minimum atomic E-state index is -0.230. The zero-order valence-electron chi connectivity index (χ0n) is 11.1. The molecule has 0 amide bonds. The Hall–Kier alpha value is -0.860. The predicted octanol–water partition coefficient (Wildman–Crippen LogP) is 4.36. The van der Waals surface area contributed by atoms with Crippen molar-refractivity contribution in [1.29, 1.82) is 0 Å². The van der Waals surface area contributed by atoms with Crippen molar-refractivity contribution in [3.8, 4) is 0 Å². The van der Waals surface area contributed by atoms with E-state index in [1.807, 2.05) is 0 Å². The maximum absolute atomic E-state index is 13.1. The second-order valence-corrected chi connectivity index (χ2v) is 4.91. The molecule has 1 aromatic carbocycles. The molecular formula is C15H21ClFN. The van der Waals surface area contributed by atoms with Crippen LogP contribution in [0.3, 0.4) is 0 Å². The number of allylic oxidation sites excluding steroid dienone is 1. The smallest absolute Gasteiger partial charge is 0.123 e. The standard InChI is InChI=1S/C15H21ClFN/c1-3-8-18-9-4-5-12(2)10-13-11-14(17)6-7-15(13)16/h5-7,11,18H,3-4,8-10H2,1-2H3/b12-5-. The van der Waals surface area contributed by atoms with E-state index in [4.69, 9.17) is 11.6 Å². The third-order valence-electron chi connectivity index (χ3n) is 2.72. The van der Waals surface area contributed by atoms with E-state index in [9.17, 15) is 4.39 Å². The Morgan fingerprint density at radius 2 is 2.17 bits per heavy atom. The monoisotopic (exact) mass is 269 g/mol. The van der Waals surface area contributed by atoms with Crippen molar-refractivity contribution in [2.75, 3.05) is 13.1 Å². The van der Waals surface area contributed by atoms with Crippen LogP contribution in [0.25, 0.3) is 0 Å². The zero-order chi connectivity index (χ0) is 13.4. The van der Waals surface area contributed by atoms with Gasteiger partial charge < -0.3 is 5.32 Å². The second-order valence-electron chi connectivity index (χ2n) is 4.50. The first-order valence-corrected chi connectivity index (χ1v) is 6.81. The Morgan fingerprint density at radius 1 is 1.39 bits per heavy atom. The largest absolute Gasteiger partial charge is 0.316 e. The zero-order valence-corrected chi connectivity index (χ0v) is 11.9. The van der Waals surface area contributed by atoms with Crippen LogP contribution in [-0.4, -0.2) is 13.1 Å². The lowest BCUT2D eigenvalue weighted by Gasteiger charge is -2.05. The van der Waals surface area contributed by atoms with Crippen molar-refractivity contribution in [1.82, 2.24) is 5.32 Å². The number of hydrogen-bond acceptors (Lipinski definition) is 1. The summed E-state index contributed by atoms with van der Waals surface area (Å²) >= 11 is 6.04. The van der Waals surface area contributed by atoms with Gasteiger partial charge in [-0.15, -0.1) is 0 Å². The summed E-state index contributed by atoms with van der Waals surface area (Å²) in [6.07, 6.45) is 5.05. The predicted molar refractivity (Wildman–Crippen MR) is 76.6 cm³/mol. The summed E-state index contributed by atoms with van der Waals surface area (Å²) in [5.74, 6) is -0.230. The Labute approximate surface area is 114 Å². The van der Waals surface area contributed by atoms with Gasteiger partial charge in [-0.2, -0.15) is 0 Å². The summed E-state index contributed by atoms with van der Waals surface area (Å²) in [5, 5.41) is 3.98. The fourth-order valence-corrected chi connectivity index (χ4v) is 1.96. The molecule has 1 rings (SSSR count). The second kappa shape index (κ2) is 8.28. The molecule has 100 valence electrons. The summed E-state index contributed by atoms with van der Waals surface area (Å²) in [4.78, 5) is 0. The average Bonchev–Trinajstić information content (AvgIpc) is 2.33. The molecule has 1 N–H and O–H groups in total. The molecule has 0 bridgehead atoms. The van der Waals surface area contributed by atoms with Crippen LogP contribution in [0.2, 0.25) is 5.02 Å². The molecule has 0 aromatic heterocycles. The van der Waals surface area contributed by atoms with Gasteiger partial charge in [0.1, 0.15) is 5.82 Å². The van der Waals surface area contributed by atoms with E-state index in [1.165, 1.54) is 17.7 Å². The van der Waals surface area contributed by atoms with Crippen molar-refractivity contribution in [2.45, 2.75) is 33.1 Å². The molecular weight excluding hydrogens is 249 g/mol. The number of halogens is 2. The Bertz CT molecular complexity index is 401. The summed E-state index contributed by atoms with van der Waals surface area (Å²) in [6.45, 7) is 6.26. The fourth-order valence-electron chi connectivity index (χ4n) is 1.77. The van der Waals surface area contributed by atoms with Gasteiger partial charge in [-0.3, -0.25) is 0 Å². The summed E-state index contributed by atoms with van der Waals surface area (Å²) in [6, 6.07) is 4.51. The topological polar surface area (TPSA) is 12.0 Å². The Morgan fingerprint density at radius 3 is 2.89 bits per heavy atom. The SMILES string of the molecule is CCCNCC/C=C(/C)Cc1cc(F)ccc1Cl. The van der Waals surface area contributed by atoms with Gasteiger partial charge in [0.15, 0.2) is 0 Å².